The molecule has 186 valence electrons. The zero-order valence-electron chi connectivity index (χ0n) is 19.9. The Bertz CT molecular complexity index is 1380. The average molecular weight is 513 g/mol. The highest BCUT2D eigenvalue weighted by molar-refractivity contribution is 6.30. The van der Waals surface area contributed by atoms with Crippen LogP contribution in [0.2, 0.25) is 5.02 Å². The van der Waals surface area contributed by atoms with Gasteiger partial charge in [-0.25, -0.2) is 0 Å². The Morgan fingerprint density at radius 3 is 2.24 bits per heavy atom. The predicted molar refractivity (Wildman–Crippen MR) is 144 cm³/mol. The second-order valence-electron chi connectivity index (χ2n) is 8.38. The van der Waals surface area contributed by atoms with Gasteiger partial charge in [0.1, 0.15) is 17.2 Å². The molecule has 3 aromatic carbocycles. The standard InChI is InChI=1S/C30H25ClN2O4/c31-24-12-8-22(9-13-24)20-28(33-29(35)23-5-2-1-3-6-23)30(36)32-25-14-10-21(11-15-25)19-26(34)16-17-27-7-4-18-37-27/h1-15,18,20H,16-17,19H2,(H,32,36)(H,33,35)/b28-20-. The minimum absolute atomic E-state index is 0.0772. The quantitative estimate of drug-likeness (QED) is 0.252. The monoisotopic (exact) mass is 512 g/mol. The summed E-state index contributed by atoms with van der Waals surface area (Å²) >= 11 is 5.97. The maximum absolute atomic E-state index is 13.1. The van der Waals surface area contributed by atoms with Crippen LogP contribution in [0.5, 0.6) is 0 Å². The van der Waals surface area contributed by atoms with Gasteiger partial charge in [0, 0.05) is 35.5 Å². The first kappa shape index (κ1) is 25.7. The van der Waals surface area contributed by atoms with Crippen LogP contribution in [0.1, 0.15) is 33.7 Å². The number of nitrogens with one attached hydrogen (secondary N) is 2. The fraction of sp³-hybridized carbons (Fsp3) is 0.100. The topological polar surface area (TPSA) is 88.4 Å². The van der Waals surface area contributed by atoms with Crippen molar-refractivity contribution in [3.8, 4) is 0 Å². The lowest BCUT2D eigenvalue weighted by molar-refractivity contribution is -0.118. The summed E-state index contributed by atoms with van der Waals surface area (Å²) in [6.07, 6.45) is 4.43. The summed E-state index contributed by atoms with van der Waals surface area (Å²) in [7, 11) is 0. The van der Waals surface area contributed by atoms with Crippen molar-refractivity contribution in [2.24, 2.45) is 0 Å². The molecule has 0 atom stereocenters. The second kappa shape index (κ2) is 12.5. The number of hydrogen-bond donors (Lipinski definition) is 2. The Kier molecular flexibility index (Phi) is 8.68. The van der Waals surface area contributed by atoms with Gasteiger partial charge in [0.25, 0.3) is 11.8 Å². The molecule has 2 N–H and O–H groups in total. The first-order chi connectivity index (χ1) is 18.0. The van der Waals surface area contributed by atoms with Crippen LogP contribution in [-0.2, 0) is 22.4 Å². The van der Waals surface area contributed by atoms with Crippen molar-refractivity contribution in [1.29, 1.82) is 0 Å². The highest BCUT2D eigenvalue weighted by atomic mass is 35.5. The number of rotatable bonds is 10. The SMILES string of the molecule is O=C(CCc1ccco1)Cc1ccc(NC(=O)/C(=C/c2ccc(Cl)cc2)NC(=O)c2ccccc2)cc1. The van der Waals surface area contributed by atoms with Crippen molar-refractivity contribution in [3.05, 3.63) is 130 Å². The molecule has 0 spiro atoms. The van der Waals surface area contributed by atoms with Gasteiger partial charge in [-0.05, 0) is 65.7 Å². The predicted octanol–water partition coefficient (Wildman–Crippen LogP) is 6.09. The lowest BCUT2D eigenvalue weighted by atomic mass is 10.0. The van der Waals surface area contributed by atoms with E-state index in [1.54, 1.807) is 91.2 Å². The van der Waals surface area contributed by atoms with Crippen molar-refractivity contribution in [1.82, 2.24) is 5.32 Å². The molecule has 0 aliphatic heterocycles. The first-order valence-corrected chi connectivity index (χ1v) is 12.1. The van der Waals surface area contributed by atoms with Gasteiger partial charge in [-0.1, -0.05) is 54.1 Å². The van der Waals surface area contributed by atoms with Gasteiger partial charge in [0.05, 0.1) is 6.26 Å². The summed E-state index contributed by atoms with van der Waals surface area (Å²) in [5.41, 5.74) is 2.59. The van der Waals surface area contributed by atoms with Gasteiger partial charge in [0.15, 0.2) is 0 Å². The van der Waals surface area contributed by atoms with Crippen LogP contribution in [0.15, 0.2) is 107 Å². The Hall–Kier alpha value is -4.42. The van der Waals surface area contributed by atoms with Crippen molar-refractivity contribution >= 4 is 41.0 Å². The molecule has 0 fully saturated rings. The van der Waals surface area contributed by atoms with Crippen LogP contribution in [0.25, 0.3) is 6.08 Å². The normalized spacial score (nSPS) is 11.1. The molecule has 0 aliphatic carbocycles. The zero-order valence-corrected chi connectivity index (χ0v) is 20.7. The number of anilines is 1. The second-order valence-corrected chi connectivity index (χ2v) is 8.81. The van der Waals surface area contributed by atoms with Crippen LogP contribution < -0.4 is 10.6 Å². The van der Waals surface area contributed by atoms with Gasteiger partial charge in [0.2, 0.25) is 0 Å². The third kappa shape index (κ3) is 7.78. The summed E-state index contributed by atoms with van der Waals surface area (Å²) in [5.74, 6) is -0.000837. The van der Waals surface area contributed by atoms with Gasteiger partial charge >= 0.3 is 0 Å². The van der Waals surface area contributed by atoms with E-state index < -0.39 is 11.8 Å². The third-order valence-corrected chi connectivity index (χ3v) is 5.81. The number of aryl methyl sites for hydroxylation is 1. The largest absolute Gasteiger partial charge is 0.469 e. The maximum Gasteiger partial charge on any atom is 0.272 e. The van der Waals surface area contributed by atoms with Crippen molar-refractivity contribution in [2.75, 3.05) is 5.32 Å². The summed E-state index contributed by atoms with van der Waals surface area (Å²) in [4.78, 5) is 38.2. The highest BCUT2D eigenvalue weighted by Crippen LogP contribution is 2.16. The van der Waals surface area contributed by atoms with E-state index >= 15 is 0 Å². The third-order valence-electron chi connectivity index (χ3n) is 5.55. The van der Waals surface area contributed by atoms with E-state index in [4.69, 9.17) is 16.0 Å². The lowest BCUT2D eigenvalue weighted by Crippen LogP contribution is -2.30. The maximum atomic E-state index is 13.1. The molecule has 0 bridgehead atoms. The fourth-order valence-electron chi connectivity index (χ4n) is 3.61. The Labute approximate surface area is 220 Å². The summed E-state index contributed by atoms with van der Waals surface area (Å²) in [6, 6.07) is 26.3. The molecular weight excluding hydrogens is 488 g/mol. The molecule has 1 aromatic heterocycles. The van der Waals surface area contributed by atoms with Crippen LogP contribution >= 0.6 is 11.6 Å². The molecule has 4 aromatic rings. The molecule has 0 aliphatic rings. The number of halogens is 1. The molecule has 0 saturated heterocycles. The number of carbonyl (C=O) groups excluding carboxylic acids is 3. The van der Waals surface area contributed by atoms with Gasteiger partial charge in [-0.15, -0.1) is 0 Å². The molecule has 2 amide bonds. The average Bonchev–Trinajstić information content (AvgIpc) is 3.44. The fourth-order valence-corrected chi connectivity index (χ4v) is 3.73. The number of carbonyl (C=O) groups is 3. The Morgan fingerprint density at radius 2 is 1.57 bits per heavy atom. The number of hydrogen-bond acceptors (Lipinski definition) is 4. The molecule has 1 heterocycles. The Balaban J connectivity index is 1.42. The summed E-state index contributed by atoms with van der Waals surface area (Å²) < 4.78 is 5.27. The summed E-state index contributed by atoms with van der Waals surface area (Å²) in [6.45, 7) is 0. The highest BCUT2D eigenvalue weighted by Gasteiger charge is 2.15. The van der Waals surface area contributed by atoms with E-state index in [-0.39, 0.29) is 11.5 Å². The van der Waals surface area contributed by atoms with Crippen LogP contribution in [0, 0.1) is 0 Å². The van der Waals surface area contributed by atoms with Crippen LogP contribution in [-0.4, -0.2) is 17.6 Å². The smallest absolute Gasteiger partial charge is 0.272 e. The minimum Gasteiger partial charge on any atom is -0.469 e. The number of amides is 2. The lowest BCUT2D eigenvalue weighted by Gasteiger charge is -2.12. The van der Waals surface area contributed by atoms with E-state index in [9.17, 15) is 14.4 Å². The van der Waals surface area contributed by atoms with Crippen molar-refractivity contribution in [2.45, 2.75) is 19.3 Å². The molecule has 37 heavy (non-hydrogen) atoms. The molecule has 0 radical (unpaired) electrons. The molecular formula is C30H25ClN2O4. The van der Waals surface area contributed by atoms with E-state index in [2.05, 4.69) is 10.6 Å². The number of furan rings is 1. The first-order valence-electron chi connectivity index (χ1n) is 11.7. The van der Waals surface area contributed by atoms with Crippen molar-refractivity contribution in [3.63, 3.8) is 0 Å². The van der Waals surface area contributed by atoms with Gasteiger partial charge in [-0.2, -0.15) is 0 Å². The number of benzene rings is 3. The number of ketones is 1. The van der Waals surface area contributed by atoms with Crippen molar-refractivity contribution < 1.29 is 18.8 Å². The summed E-state index contributed by atoms with van der Waals surface area (Å²) in [5, 5.41) is 6.08. The molecule has 6 nitrogen and oxygen atoms in total. The number of Topliss-reactive ketones (excluding diaryl/α,β-unsaturated/α-hetero) is 1. The van der Waals surface area contributed by atoms with E-state index in [1.165, 1.54) is 0 Å². The van der Waals surface area contributed by atoms with Crippen LogP contribution in [0.3, 0.4) is 0 Å². The van der Waals surface area contributed by atoms with Crippen LogP contribution in [0.4, 0.5) is 5.69 Å². The molecule has 7 heteroatoms. The van der Waals surface area contributed by atoms with E-state index in [0.29, 0.717) is 41.1 Å². The van der Waals surface area contributed by atoms with Gasteiger partial charge < -0.3 is 15.1 Å². The molecule has 4 rings (SSSR count). The minimum atomic E-state index is -0.485. The zero-order chi connectivity index (χ0) is 26.0. The molecule has 0 saturated carbocycles. The van der Waals surface area contributed by atoms with E-state index in [0.717, 1.165) is 11.3 Å². The Morgan fingerprint density at radius 1 is 0.838 bits per heavy atom. The van der Waals surface area contributed by atoms with Gasteiger partial charge in [-0.3, -0.25) is 14.4 Å². The molecule has 0 unspecified atom stereocenters. The van der Waals surface area contributed by atoms with E-state index in [1.807, 2.05) is 12.1 Å².